The van der Waals surface area contributed by atoms with Gasteiger partial charge in [-0.3, -0.25) is 9.59 Å². The summed E-state index contributed by atoms with van der Waals surface area (Å²) in [7, 11) is 0. The van der Waals surface area contributed by atoms with E-state index in [1.54, 1.807) is 48.5 Å². The van der Waals surface area contributed by atoms with E-state index in [4.69, 9.17) is 0 Å². The fourth-order valence-electron chi connectivity index (χ4n) is 2.69. The van der Waals surface area contributed by atoms with E-state index in [9.17, 15) is 9.59 Å². The van der Waals surface area contributed by atoms with Crippen molar-refractivity contribution in [1.82, 2.24) is 5.32 Å². The first-order valence-corrected chi connectivity index (χ1v) is 9.32. The summed E-state index contributed by atoms with van der Waals surface area (Å²) in [5.74, 6) is -0.496. The van der Waals surface area contributed by atoms with Crippen LogP contribution in [0.2, 0.25) is 0 Å². The summed E-state index contributed by atoms with van der Waals surface area (Å²) in [6.45, 7) is 2.44. The van der Waals surface area contributed by atoms with Gasteiger partial charge in [0.15, 0.2) is 0 Å². The van der Waals surface area contributed by atoms with Crippen LogP contribution in [0.4, 0.5) is 5.69 Å². The Morgan fingerprint density at radius 2 is 1.63 bits per heavy atom. The summed E-state index contributed by atoms with van der Waals surface area (Å²) < 4.78 is 0.898. The number of aryl methyl sites for hydroxylation is 1. The van der Waals surface area contributed by atoms with Crippen LogP contribution in [0, 0.1) is 6.92 Å². The zero-order valence-electron chi connectivity index (χ0n) is 14.8. The van der Waals surface area contributed by atoms with Gasteiger partial charge >= 0.3 is 0 Å². The third kappa shape index (κ3) is 5.05. The highest BCUT2D eigenvalue weighted by Crippen LogP contribution is 2.18. The lowest BCUT2D eigenvalue weighted by Crippen LogP contribution is -2.25. The van der Waals surface area contributed by atoms with Crippen molar-refractivity contribution in [2.45, 2.75) is 13.5 Å². The quantitative estimate of drug-likeness (QED) is 0.611. The zero-order valence-corrected chi connectivity index (χ0v) is 16.4. The van der Waals surface area contributed by atoms with Crippen molar-refractivity contribution in [2.75, 3.05) is 5.32 Å². The van der Waals surface area contributed by atoms with Crippen molar-refractivity contribution in [2.24, 2.45) is 0 Å². The van der Waals surface area contributed by atoms with E-state index in [1.165, 1.54) is 0 Å². The summed E-state index contributed by atoms with van der Waals surface area (Å²) >= 11 is 3.35. The Kier molecular flexibility index (Phi) is 6.04. The number of amides is 2. The predicted octanol–water partition coefficient (Wildman–Crippen LogP) is 4.94. The Morgan fingerprint density at radius 3 is 2.37 bits per heavy atom. The molecule has 2 N–H and O–H groups in total. The molecule has 0 saturated heterocycles. The number of hydrogen-bond donors (Lipinski definition) is 2. The molecule has 0 heterocycles. The van der Waals surface area contributed by atoms with E-state index in [-0.39, 0.29) is 11.8 Å². The summed E-state index contributed by atoms with van der Waals surface area (Å²) in [6.07, 6.45) is 0. The molecular formula is C22H19BrN2O2. The van der Waals surface area contributed by atoms with E-state index >= 15 is 0 Å². The Morgan fingerprint density at radius 1 is 0.889 bits per heavy atom. The second-order valence-electron chi connectivity index (χ2n) is 6.18. The van der Waals surface area contributed by atoms with Gasteiger partial charge in [-0.25, -0.2) is 0 Å². The molecule has 3 rings (SSSR count). The largest absolute Gasteiger partial charge is 0.348 e. The molecule has 136 valence electrons. The maximum absolute atomic E-state index is 12.6. The molecule has 27 heavy (non-hydrogen) atoms. The maximum Gasteiger partial charge on any atom is 0.255 e. The van der Waals surface area contributed by atoms with Crippen LogP contribution in [-0.4, -0.2) is 11.8 Å². The molecule has 0 bridgehead atoms. The molecule has 0 saturated carbocycles. The number of nitrogens with one attached hydrogen (secondary N) is 2. The van der Waals surface area contributed by atoms with E-state index in [2.05, 4.69) is 26.6 Å². The van der Waals surface area contributed by atoms with Crippen LogP contribution in [0.25, 0.3) is 0 Å². The van der Waals surface area contributed by atoms with E-state index < -0.39 is 0 Å². The van der Waals surface area contributed by atoms with Gasteiger partial charge in [-0.15, -0.1) is 0 Å². The lowest BCUT2D eigenvalue weighted by Gasteiger charge is -2.12. The first kappa shape index (κ1) is 18.9. The average molecular weight is 423 g/mol. The van der Waals surface area contributed by atoms with Gasteiger partial charge in [0.1, 0.15) is 0 Å². The van der Waals surface area contributed by atoms with Crippen LogP contribution >= 0.6 is 15.9 Å². The smallest absolute Gasteiger partial charge is 0.255 e. The van der Waals surface area contributed by atoms with Crippen molar-refractivity contribution < 1.29 is 9.59 Å². The van der Waals surface area contributed by atoms with Crippen molar-refractivity contribution in [1.29, 1.82) is 0 Å². The third-order valence-electron chi connectivity index (χ3n) is 4.06. The van der Waals surface area contributed by atoms with Crippen molar-refractivity contribution in [3.8, 4) is 0 Å². The molecule has 0 unspecified atom stereocenters. The second kappa shape index (κ2) is 8.64. The monoisotopic (exact) mass is 422 g/mol. The molecule has 0 aliphatic heterocycles. The number of hydrogen-bond acceptors (Lipinski definition) is 2. The van der Waals surface area contributed by atoms with Gasteiger partial charge in [0.05, 0.1) is 11.3 Å². The highest BCUT2D eigenvalue weighted by molar-refractivity contribution is 9.10. The molecular weight excluding hydrogens is 404 g/mol. The Bertz CT molecular complexity index is 968. The fourth-order valence-corrected chi connectivity index (χ4v) is 2.95. The summed E-state index contributed by atoms with van der Waals surface area (Å²) in [6, 6.07) is 22.0. The molecule has 3 aromatic rings. The molecule has 0 fully saturated rings. The highest BCUT2D eigenvalue weighted by Gasteiger charge is 2.14. The molecule has 0 aromatic heterocycles. The standard InChI is InChI=1S/C22H19BrN2O2/c1-15-5-4-6-16(13-15)14-24-22(27)19-7-2-3-8-20(19)25-21(26)17-9-11-18(23)12-10-17/h2-13H,14H2,1H3,(H,24,27)(H,25,26). The molecule has 2 amide bonds. The molecule has 0 aliphatic carbocycles. The van der Waals surface area contributed by atoms with E-state index in [0.717, 1.165) is 15.6 Å². The topological polar surface area (TPSA) is 58.2 Å². The van der Waals surface area contributed by atoms with Crippen LogP contribution < -0.4 is 10.6 Å². The molecule has 5 heteroatoms. The number of anilines is 1. The first-order chi connectivity index (χ1) is 13.0. The number of rotatable bonds is 5. The van der Waals surface area contributed by atoms with Gasteiger partial charge in [-0.1, -0.05) is 57.9 Å². The highest BCUT2D eigenvalue weighted by atomic mass is 79.9. The number of carbonyl (C=O) groups excluding carboxylic acids is 2. The van der Waals surface area contributed by atoms with Crippen molar-refractivity contribution in [3.63, 3.8) is 0 Å². The Labute approximate surface area is 166 Å². The van der Waals surface area contributed by atoms with Gasteiger partial charge < -0.3 is 10.6 Å². The molecule has 4 nitrogen and oxygen atoms in total. The number of halogens is 1. The maximum atomic E-state index is 12.6. The van der Waals surface area contributed by atoms with Crippen LogP contribution in [-0.2, 0) is 6.54 Å². The van der Waals surface area contributed by atoms with E-state index in [0.29, 0.717) is 23.4 Å². The van der Waals surface area contributed by atoms with Crippen molar-refractivity contribution >= 4 is 33.4 Å². The van der Waals surface area contributed by atoms with Crippen LogP contribution in [0.5, 0.6) is 0 Å². The van der Waals surface area contributed by atoms with Gasteiger partial charge in [0, 0.05) is 16.6 Å². The summed E-state index contributed by atoms with van der Waals surface area (Å²) in [5.41, 5.74) is 3.60. The average Bonchev–Trinajstić information content (AvgIpc) is 2.67. The third-order valence-corrected chi connectivity index (χ3v) is 4.59. The molecule has 0 spiro atoms. The Balaban J connectivity index is 1.72. The first-order valence-electron chi connectivity index (χ1n) is 8.52. The minimum atomic E-state index is -0.263. The lowest BCUT2D eigenvalue weighted by molar-refractivity contribution is 0.0952. The fraction of sp³-hybridized carbons (Fsp3) is 0.0909. The van der Waals surface area contributed by atoms with Crippen LogP contribution in [0.1, 0.15) is 31.8 Å². The summed E-state index contributed by atoms with van der Waals surface area (Å²) in [4.78, 5) is 25.1. The van der Waals surface area contributed by atoms with Crippen LogP contribution in [0.15, 0.2) is 77.3 Å². The number of benzene rings is 3. The lowest BCUT2D eigenvalue weighted by atomic mass is 10.1. The van der Waals surface area contributed by atoms with Gasteiger partial charge in [0.2, 0.25) is 0 Å². The molecule has 0 radical (unpaired) electrons. The minimum absolute atomic E-state index is 0.233. The van der Waals surface area contributed by atoms with E-state index in [1.807, 2.05) is 31.2 Å². The van der Waals surface area contributed by atoms with Crippen molar-refractivity contribution in [3.05, 3.63) is 99.5 Å². The zero-order chi connectivity index (χ0) is 19.2. The predicted molar refractivity (Wildman–Crippen MR) is 111 cm³/mol. The number of carbonyl (C=O) groups is 2. The molecule has 3 aromatic carbocycles. The molecule has 0 atom stereocenters. The van der Waals surface area contributed by atoms with Gasteiger partial charge in [-0.2, -0.15) is 0 Å². The van der Waals surface area contributed by atoms with Crippen LogP contribution in [0.3, 0.4) is 0 Å². The Hall–Kier alpha value is -2.92. The van der Waals surface area contributed by atoms with Gasteiger partial charge in [-0.05, 0) is 48.9 Å². The van der Waals surface area contributed by atoms with Gasteiger partial charge in [0.25, 0.3) is 11.8 Å². The second-order valence-corrected chi connectivity index (χ2v) is 7.09. The number of para-hydroxylation sites is 1. The summed E-state index contributed by atoms with van der Waals surface area (Å²) in [5, 5.41) is 5.73. The normalized spacial score (nSPS) is 10.3. The molecule has 0 aliphatic rings. The SMILES string of the molecule is Cc1cccc(CNC(=O)c2ccccc2NC(=O)c2ccc(Br)cc2)c1. The minimum Gasteiger partial charge on any atom is -0.348 e.